The molecule has 2 rings (SSSR count). The van der Waals surface area contributed by atoms with Crippen LogP contribution in [-0.2, 0) is 16.1 Å². The first-order valence-electron chi connectivity index (χ1n) is 5.77. The molecule has 1 aromatic carbocycles. The van der Waals surface area contributed by atoms with Crippen molar-refractivity contribution in [2.24, 2.45) is 0 Å². The molecule has 0 aliphatic heterocycles. The Labute approximate surface area is 114 Å². The van der Waals surface area contributed by atoms with Crippen molar-refractivity contribution in [2.75, 3.05) is 5.32 Å². The molecular weight excluding hydrogens is 260 g/mol. The molecule has 0 spiro atoms. The van der Waals surface area contributed by atoms with Gasteiger partial charge >= 0.3 is 5.97 Å². The number of hydrogen-bond acceptors (Lipinski definition) is 4. The van der Waals surface area contributed by atoms with Crippen molar-refractivity contribution in [3.63, 3.8) is 0 Å². The summed E-state index contributed by atoms with van der Waals surface area (Å²) in [6, 6.07) is 6.87. The van der Waals surface area contributed by atoms with Crippen molar-refractivity contribution < 1.29 is 14.7 Å². The molecule has 0 fully saturated rings. The van der Waals surface area contributed by atoms with Gasteiger partial charge in [-0.2, -0.15) is 5.10 Å². The maximum atomic E-state index is 11.7. The molecule has 7 nitrogen and oxygen atoms in total. The lowest BCUT2D eigenvalue weighted by Crippen LogP contribution is -2.19. The van der Waals surface area contributed by atoms with Crippen LogP contribution in [0, 0.1) is 0 Å². The molecule has 0 saturated heterocycles. The second-order valence-corrected chi connectivity index (χ2v) is 3.94. The molecule has 0 radical (unpaired) electrons. The highest BCUT2D eigenvalue weighted by atomic mass is 16.4. The Morgan fingerprint density at radius 2 is 2.25 bits per heavy atom. The van der Waals surface area contributed by atoms with Gasteiger partial charge in [-0.15, -0.1) is 0 Å². The van der Waals surface area contributed by atoms with Crippen molar-refractivity contribution in [3.05, 3.63) is 48.6 Å². The van der Waals surface area contributed by atoms with Gasteiger partial charge in [0.2, 0.25) is 5.91 Å². The number of carboxylic acid groups (broad SMARTS) is 1. The van der Waals surface area contributed by atoms with E-state index >= 15 is 0 Å². The molecule has 20 heavy (non-hydrogen) atoms. The van der Waals surface area contributed by atoms with Crippen molar-refractivity contribution >= 4 is 23.6 Å². The van der Waals surface area contributed by atoms with E-state index in [0.29, 0.717) is 11.3 Å². The third-order valence-electron chi connectivity index (χ3n) is 2.36. The molecule has 0 aliphatic carbocycles. The highest BCUT2D eigenvalue weighted by Gasteiger charge is 2.04. The fourth-order valence-electron chi connectivity index (χ4n) is 1.55. The Morgan fingerprint density at radius 3 is 2.95 bits per heavy atom. The zero-order chi connectivity index (χ0) is 14.4. The lowest BCUT2D eigenvalue weighted by Gasteiger charge is -2.05. The van der Waals surface area contributed by atoms with Crippen LogP contribution in [0.25, 0.3) is 6.08 Å². The van der Waals surface area contributed by atoms with Crippen molar-refractivity contribution in [3.8, 4) is 0 Å². The van der Waals surface area contributed by atoms with Crippen LogP contribution < -0.4 is 5.32 Å². The van der Waals surface area contributed by atoms with Crippen LogP contribution in [0.1, 0.15) is 5.56 Å². The van der Waals surface area contributed by atoms with Crippen LogP contribution in [0.3, 0.4) is 0 Å². The van der Waals surface area contributed by atoms with Crippen molar-refractivity contribution in [2.45, 2.75) is 6.54 Å². The number of aromatic nitrogens is 3. The van der Waals surface area contributed by atoms with Gasteiger partial charge in [0.25, 0.3) is 0 Å². The van der Waals surface area contributed by atoms with Gasteiger partial charge in [0, 0.05) is 11.8 Å². The van der Waals surface area contributed by atoms with E-state index in [9.17, 15) is 9.59 Å². The second kappa shape index (κ2) is 6.28. The molecule has 2 aromatic rings. The van der Waals surface area contributed by atoms with Crippen LogP contribution in [0.5, 0.6) is 0 Å². The summed E-state index contributed by atoms with van der Waals surface area (Å²) in [7, 11) is 0. The van der Waals surface area contributed by atoms with E-state index in [-0.39, 0.29) is 12.5 Å². The minimum atomic E-state index is -1.02. The van der Waals surface area contributed by atoms with E-state index < -0.39 is 5.97 Å². The maximum Gasteiger partial charge on any atom is 0.328 e. The van der Waals surface area contributed by atoms with Gasteiger partial charge in [-0.1, -0.05) is 12.1 Å². The average Bonchev–Trinajstić information content (AvgIpc) is 2.89. The summed E-state index contributed by atoms with van der Waals surface area (Å²) in [5, 5.41) is 15.1. The summed E-state index contributed by atoms with van der Waals surface area (Å²) < 4.78 is 1.41. The molecule has 7 heteroatoms. The number of hydrogen-bond donors (Lipinski definition) is 2. The third-order valence-corrected chi connectivity index (χ3v) is 2.36. The quantitative estimate of drug-likeness (QED) is 0.792. The zero-order valence-corrected chi connectivity index (χ0v) is 10.4. The number of carbonyl (C=O) groups excluding carboxylic acids is 1. The smallest absolute Gasteiger partial charge is 0.328 e. The van der Waals surface area contributed by atoms with Crippen molar-refractivity contribution in [1.82, 2.24) is 14.8 Å². The van der Waals surface area contributed by atoms with E-state index in [0.717, 1.165) is 6.08 Å². The minimum Gasteiger partial charge on any atom is -0.478 e. The molecule has 2 N–H and O–H groups in total. The molecule has 0 atom stereocenters. The fraction of sp³-hybridized carbons (Fsp3) is 0.0769. The van der Waals surface area contributed by atoms with E-state index in [1.807, 2.05) is 0 Å². The molecule has 1 heterocycles. The number of amides is 1. The highest BCUT2D eigenvalue weighted by Crippen LogP contribution is 2.12. The first-order chi connectivity index (χ1) is 9.63. The Bertz CT molecular complexity index is 635. The summed E-state index contributed by atoms with van der Waals surface area (Å²) in [6.45, 7) is 0.0647. The van der Waals surface area contributed by atoms with Gasteiger partial charge in [0.15, 0.2) is 0 Å². The van der Waals surface area contributed by atoms with Gasteiger partial charge in [0.05, 0.1) is 0 Å². The Balaban J connectivity index is 2.00. The van der Waals surface area contributed by atoms with E-state index in [2.05, 4.69) is 15.4 Å². The summed E-state index contributed by atoms with van der Waals surface area (Å²) in [6.07, 6.45) is 5.29. The Kier molecular flexibility index (Phi) is 4.23. The largest absolute Gasteiger partial charge is 0.478 e. The van der Waals surface area contributed by atoms with Gasteiger partial charge in [-0.25, -0.2) is 14.5 Å². The zero-order valence-electron chi connectivity index (χ0n) is 10.4. The number of aliphatic carboxylic acids is 1. The van der Waals surface area contributed by atoms with Crippen LogP contribution in [0.2, 0.25) is 0 Å². The first kappa shape index (κ1) is 13.5. The third kappa shape index (κ3) is 4.05. The summed E-state index contributed by atoms with van der Waals surface area (Å²) in [5.74, 6) is -1.26. The van der Waals surface area contributed by atoms with Gasteiger partial charge in [0.1, 0.15) is 19.2 Å². The normalized spacial score (nSPS) is 10.6. The number of nitrogens with zero attached hydrogens (tertiary/aromatic N) is 3. The van der Waals surface area contributed by atoms with E-state index in [1.165, 1.54) is 23.4 Å². The molecule has 1 amide bonds. The average molecular weight is 272 g/mol. The first-order valence-corrected chi connectivity index (χ1v) is 5.77. The molecule has 0 unspecified atom stereocenters. The topological polar surface area (TPSA) is 97.1 Å². The number of rotatable bonds is 5. The van der Waals surface area contributed by atoms with Crippen LogP contribution in [0.15, 0.2) is 43.0 Å². The summed E-state index contributed by atoms with van der Waals surface area (Å²) in [4.78, 5) is 25.9. The second-order valence-electron chi connectivity index (χ2n) is 3.94. The van der Waals surface area contributed by atoms with Crippen LogP contribution >= 0.6 is 0 Å². The Hall–Kier alpha value is -2.96. The Morgan fingerprint density at radius 1 is 1.40 bits per heavy atom. The number of nitrogens with one attached hydrogen (secondary N) is 1. The van der Waals surface area contributed by atoms with Crippen LogP contribution in [0.4, 0.5) is 5.69 Å². The van der Waals surface area contributed by atoms with E-state index in [1.54, 1.807) is 24.3 Å². The highest BCUT2D eigenvalue weighted by molar-refractivity contribution is 5.91. The number of anilines is 1. The van der Waals surface area contributed by atoms with Gasteiger partial charge < -0.3 is 10.4 Å². The molecule has 1 aromatic heterocycles. The van der Waals surface area contributed by atoms with Gasteiger partial charge in [-0.3, -0.25) is 4.79 Å². The lowest BCUT2D eigenvalue weighted by atomic mass is 10.2. The maximum absolute atomic E-state index is 11.7. The standard InChI is InChI=1S/C13H12N4O3/c18-12(7-17-9-14-8-15-17)16-11-3-1-2-10(6-11)4-5-13(19)20/h1-6,8-9H,7H2,(H,16,18)(H,19,20). The fourth-order valence-corrected chi connectivity index (χ4v) is 1.55. The summed E-state index contributed by atoms with van der Waals surface area (Å²) >= 11 is 0. The SMILES string of the molecule is O=C(O)C=Cc1cccc(NC(=O)Cn2cncn2)c1. The van der Waals surface area contributed by atoms with Gasteiger partial charge in [-0.05, 0) is 23.8 Å². The van der Waals surface area contributed by atoms with E-state index in [4.69, 9.17) is 5.11 Å². The lowest BCUT2D eigenvalue weighted by molar-refractivity contribution is -0.131. The molecule has 102 valence electrons. The minimum absolute atomic E-state index is 0.0647. The van der Waals surface area contributed by atoms with Crippen LogP contribution in [-0.4, -0.2) is 31.7 Å². The number of benzene rings is 1. The number of carboxylic acids is 1. The molecular formula is C13H12N4O3. The molecule has 0 bridgehead atoms. The predicted octanol–water partition coefficient (Wildman–Crippen LogP) is 1.01. The molecule has 0 aliphatic rings. The summed E-state index contributed by atoms with van der Waals surface area (Å²) in [5.41, 5.74) is 1.27. The molecule has 0 saturated carbocycles. The number of carbonyl (C=O) groups is 2. The predicted molar refractivity (Wildman–Crippen MR) is 71.8 cm³/mol. The van der Waals surface area contributed by atoms with Crippen molar-refractivity contribution in [1.29, 1.82) is 0 Å². The monoisotopic (exact) mass is 272 g/mol.